The second-order valence-corrected chi connectivity index (χ2v) is 7.54. The molecule has 0 radical (unpaired) electrons. The number of benzene rings is 2. The van der Waals surface area contributed by atoms with Gasteiger partial charge in [0.2, 0.25) is 0 Å². The molecule has 1 aliphatic rings. The molecule has 0 spiro atoms. The molecule has 4 amide bonds. The number of hydrogen-bond acceptors (Lipinski definition) is 5. The predicted octanol–water partition coefficient (Wildman–Crippen LogP) is 1.92. The van der Waals surface area contributed by atoms with Crippen LogP contribution in [0.3, 0.4) is 0 Å². The summed E-state index contributed by atoms with van der Waals surface area (Å²) < 4.78 is 5.39. The number of imide groups is 1. The minimum absolute atomic E-state index is 0.121. The highest BCUT2D eigenvalue weighted by molar-refractivity contribution is 6.22. The van der Waals surface area contributed by atoms with Crippen LogP contribution in [-0.4, -0.2) is 54.3 Å². The Bertz CT molecular complexity index is 1010. The van der Waals surface area contributed by atoms with E-state index < -0.39 is 11.8 Å². The van der Waals surface area contributed by atoms with Crippen molar-refractivity contribution in [3.05, 3.63) is 64.7 Å². The third kappa shape index (κ3) is 5.09. The van der Waals surface area contributed by atoms with Crippen LogP contribution in [0, 0.1) is 6.92 Å². The Morgan fingerprint density at radius 3 is 2.26 bits per heavy atom. The minimum Gasteiger partial charge on any atom is -0.484 e. The van der Waals surface area contributed by atoms with E-state index in [1.54, 1.807) is 26.0 Å². The van der Waals surface area contributed by atoms with Gasteiger partial charge in [-0.25, -0.2) is 0 Å². The maximum Gasteiger partial charge on any atom is 0.261 e. The summed E-state index contributed by atoms with van der Waals surface area (Å²) in [4.78, 5) is 50.2. The monoisotopic (exact) mass is 423 g/mol. The van der Waals surface area contributed by atoms with Gasteiger partial charge in [-0.1, -0.05) is 17.7 Å². The summed E-state index contributed by atoms with van der Waals surface area (Å²) in [6, 6.07) is 11.5. The summed E-state index contributed by atoms with van der Waals surface area (Å²) in [6.45, 7) is 5.79. The molecule has 3 rings (SSSR count). The average Bonchev–Trinajstić information content (AvgIpc) is 3.00. The van der Waals surface area contributed by atoms with Crippen molar-refractivity contribution < 1.29 is 23.9 Å². The Labute approximate surface area is 180 Å². The summed E-state index contributed by atoms with van der Waals surface area (Å²) in [6.07, 6.45) is 0. The van der Waals surface area contributed by atoms with Gasteiger partial charge in [-0.15, -0.1) is 0 Å². The molecular weight excluding hydrogens is 398 g/mol. The normalized spacial score (nSPS) is 12.7. The van der Waals surface area contributed by atoms with Gasteiger partial charge in [0.15, 0.2) is 6.61 Å². The second kappa shape index (κ2) is 9.42. The van der Waals surface area contributed by atoms with Gasteiger partial charge in [0, 0.05) is 24.7 Å². The molecule has 2 aromatic carbocycles. The molecule has 0 saturated carbocycles. The summed E-state index contributed by atoms with van der Waals surface area (Å²) in [7, 11) is 0. The van der Waals surface area contributed by atoms with Crippen LogP contribution < -0.4 is 15.4 Å². The van der Waals surface area contributed by atoms with E-state index in [1.807, 2.05) is 19.1 Å². The molecule has 31 heavy (non-hydrogen) atoms. The van der Waals surface area contributed by atoms with E-state index in [0.717, 1.165) is 5.56 Å². The van der Waals surface area contributed by atoms with Crippen LogP contribution in [0.4, 0.5) is 0 Å². The van der Waals surface area contributed by atoms with Gasteiger partial charge in [-0.05, 0) is 51.1 Å². The number of rotatable bonds is 8. The zero-order valence-electron chi connectivity index (χ0n) is 17.7. The second-order valence-electron chi connectivity index (χ2n) is 7.54. The van der Waals surface area contributed by atoms with Crippen molar-refractivity contribution >= 4 is 23.6 Å². The average molecular weight is 423 g/mol. The van der Waals surface area contributed by atoms with Crippen molar-refractivity contribution in [3.63, 3.8) is 0 Å². The topological polar surface area (TPSA) is 105 Å². The van der Waals surface area contributed by atoms with Gasteiger partial charge < -0.3 is 15.4 Å². The van der Waals surface area contributed by atoms with Gasteiger partial charge in [0.1, 0.15) is 5.75 Å². The SMILES string of the molecule is Cc1ccc(OCC(=O)NCCNC(=O)c2ccc3c(c2)C(=O)N(C(C)C)C3=O)cc1. The van der Waals surface area contributed by atoms with Crippen LogP contribution in [0.25, 0.3) is 0 Å². The maximum absolute atomic E-state index is 12.5. The summed E-state index contributed by atoms with van der Waals surface area (Å²) in [5.41, 5.74) is 1.91. The molecule has 8 nitrogen and oxygen atoms in total. The fraction of sp³-hybridized carbons (Fsp3) is 0.304. The molecule has 0 aliphatic carbocycles. The number of nitrogens with one attached hydrogen (secondary N) is 2. The van der Waals surface area contributed by atoms with Gasteiger partial charge in [-0.3, -0.25) is 24.1 Å². The molecule has 0 saturated heterocycles. The van der Waals surface area contributed by atoms with E-state index >= 15 is 0 Å². The van der Waals surface area contributed by atoms with Gasteiger partial charge in [0.25, 0.3) is 23.6 Å². The molecule has 0 aromatic heterocycles. The standard InChI is InChI=1S/C23H25N3O5/c1-14(2)26-22(29)18-9-6-16(12-19(18)23(26)30)21(28)25-11-10-24-20(27)13-31-17-7-4-15(3)5-8-17/h4-9,12,14H,10-11,13H2,1-3H3,(H,24,27)(H,25,28). The first-order valence-electron chi connectivity index (χ1n) is 10.0. The molecule has 2 aromatic rings. The first kappa shape index (κ1) is 22.0. The van der Waals surface area contributed by atoms with Gasteiger partial charge >= 0.3 is 0 Å². The highest BCUT2D eigenvalue weighted by atomic mass is 16.5. The van der Waals surface area contributed by atoms with E-state index in [9.17, 15) is 19.2 Å². The number of nitrogens with zero attached hydrogens (tertiary/aromatic N) is 1. The van der Waals surface area contributed by atoms with Crippen LogP contribution in [-0.2, 0) is 4.79 Å². The molecule has 162 valence electrons. The summed E-state index contributed by atoms with van der Waals surface area (Å²) in [5, 5.41) is 5.34. The Morgan fingerprint density at radius 2 is 1.58 bits per heavy atom. The lowest BCUT2D eigenvalue weighted by Crippen LogP contribution is -2.36. The van der Waals surface area contributed by atoms with Gasteiger partial charge in [-0.2, -0.15) is 0 Å². The van der Waals surface area contributed by atoms with E-state index in [1.165, 1.54) is 23.1 Å². The molecule has 2 N–H and O–H groups in total. The number of carbonyl (C=O) groups is 4. The lowest BCUT2D eigenvalue weighted by atomic mass is 10.1. The fourth-order valence-corrected chi connectivity index (χ4v) is 3.18. The van der Waals surface area contributed by atoms with Crippen molar-refractivity contribution in [2.24, 2.45) is 0 Å². The quantitative estimate of drug-likeness (QED) is 0.499. The zero-order chi connectivity index (χ0) is 22.5. The largest absolute Gasteiger partial charge is 0.484 e. The predicted molar refractivity (Wildman–Crippen MR) is 114 cm³/mol. The lowest BCUT2D eigenvalue weighted by Gasteiger charge is -2.17. The molecule has 1 heterocycles. The molecule has 0 unspecified atom stereocenters. The van der Waals surface area contributed by atoms with Crippen molar-refractivity contribution in [2.75, 3.05) is 19.7 Å². The molecule has 0 atom stereocenters. The highest BCUT2D eigenvalue weighted by Crippen LogP contribution is 2.25. The number of fused-ring (bicyclic) bond motifs is 1. The molecule has 8 heteroatoms. The van der Waals surface area contributed by atoms with Crippen LogP contribution in [0.5, 0.6) is 5.75 Å². The maximum atomic E-state index is 12.5. The first-order chi connectivity index (χ1) is 14.8. The fourth-order valence-electron chi connectivity index (χ4n) is 3.18. The molecule has 0 fully saturated rings. The number of hydrogen-bond donors (Lipinski definition) is 2. The molecular formula is C23H25N3O5. The molecule has 1 aliphatic heterocycles. The van der Waals surface area contributed by atoms with Crippen molar-refractivity contribution in [3.8, 4) is 5.75 Å². The number of ether oxygens (including phenoxy) is 1. The van der Waals surface area contributed by atoms with Crippen LogP contribution in [0.2, 0.25) is 0 Å². The lowest BCUT2D eigenvalue weighted by molar-refractivity contribution is -0.123. The smallest absolute Gasteiger partial charge is 0.261 e. The van der Waals surface area contributed by atoms with Crippen molar-refractivity contribution in [2.45, 2.75) is 26.8 Å². The minimum atomic E-state index is -0.398. The highest BCUT2D eigenvalue weighted by Gasteiger charge is 2.37. The zero-order valence-corrected chi connectivity index (χ0v) is 17.7. The number of amides is 4. The Kier molecular flexibility index (Phi) is 6.69. The van der Waals surface area contributed by atoms with Crippen molar-refractivity contribution in [1.82, 2.24) is 15.5 Å². The third-order valence-corrected chi connectivity index (χ3v) is 4.82. The Balaban J connectivity index is 1.45. The van der Waals surface area contributed by atoms with Gasteiger partial charge in [0.05, 0.1) is 11.1 Å². The third-order valence-electron chi connectivity index (χ3n) is 4.82. The Hall–Kier alpha value is -3.68. The van der Waals surface area contributed by atoms with E-state index in [4.69, 9.17) is 4.74 Å². The van der Waals surface area contributed by atoms with E-state index in [2.05, 4.69) is 10.6 Å². The van der Waals surface area contributed by atoms with Crippen LogP contribution in [0.1, 0.15) is 50.5 Å². The summed E-state index contributed by atoms with van der Waals surface area (Å²) >= 11 is 0. The van der Waals surface area contributed by atoms with Crippen molar-refractivity contribution in [1.29, 1.82) is 0 Å². The Morgan fingerprint density at radius 1 is 0.935 bits per heavy atom. The van der Waals surface area contributed by atoms with E-state index in [-0.39, 0.29) is 48.7 Å². The molecule has 0 bridgehead atoms. The number of carbonyl (C=O) groups excluding carboxylic acids is 4. The van der Waals surface area contributed by atoms with Crippen LogP contribution >= 0.6 is 0 Å². The van der Waals surface area contributed by atoms with E-state index in [0.29, 0.717) is 11.3 Å². The summed E-state index contributed by atoms with van der Waals surface area (Å²) in [5.74, 6) is -0.834. The first-order valence-corrected chi connectivity index (χ1v) is 10.0. The number of aryl methyl sites for hydroxylation is 1. The van der Waals surface area contributed by atoms with Crippen LogP contribution in [0.15, 0.2) is 42.5 Å².